The lowest BCUT2D eigenvalue weighted by molar-refractivity contribution is -0.123. The minimum Gasteiger partial charge on any atom is -0.385 e. The molecule has 148 valence electrons. The molecule has 2 heterocycles. The molecule has 0 saturated carbocycles. The maximum atomic E-state index is 13.5. The Morgan fingerprint density at radius 2 is 2.00 bits per heavy atom. The zero-order chi connectivity index (χ0) is 19.9. The molecule has 1 fully saturated rings. The van der Waals surface area contributed by atoms with Crippen LogP contribution in [-0.4, -0.2) is 35.0 Å². The van der Waals surface area contributed by atoms with Gasteiger partial charge in [-0.1, -0.05) is 41.4 Å². The van der Waals surface area contributed by atoms with E-state index in [-0.39, 0.29) is 11.9 Å². The van der Waals surface area contributed by atoms with Crippen molar-refractivity contribution in [1.29, 1.82) is 0 Å². The molecule has 1 amide bonds. The average molecular weight is 419 g/mol. The maximum Gasteiger partial charge on any atom is 0.244 e. The van der Waals surface area contributed by atoms with Crippen molar-refractivity contribution in [2.45, 2.75) is 44.4 Å². The molecule has 2 aromatic rings. The summed E-state index contributed by atoms with van der Waals surface area (Å²) in [6.07, 6.45) is 2.33. The molecule has 1 saturated heterocycles. The molecule has 2 aliphatic heterocycles. The van der Waals surface area contributed by atoms with Gasteiger partial charge in [-0.15, -0.1) is 0 Å². The van der Waals surface area contributed by atoms with E-state index in [1.807, 2.05) is 42.2 Å². The number of carbonyl (C=O) groups is 1. The highest BCUT2D eigenvalue weighted by Gasteiger charge is 2.40. The number of hydrogen-bond donors (Lipinski definition) is 1. The van der Waals surface area contributed by atoms with Gasteiger partial charge in [-0.3, -0.25) is 9.69 Å². The fourth-order valence-electron chi connectivity index (χ4n) is 4.34. The monoisotopic (exact) mass is 418 g/mol. The molecule has 0 bridgehead atoms. The first-order valence-electron chi connectivity index (χ1n) is 9.68. The Morgan fingerprint density at radius 3 is 2.82 bits per heavy atom. The number of halogens is 2. The molecule has 2 aromatic carbocycles. The fourth-order valence-corrected chi connectivity index (χ4v) is 4.71. The van der Waals surface area contributed by atoms with Crippen LogP contribution in [0, 0.1) is 0 Å². The Morgan fingerprint density at radius 1 is 1.21 bits per heavy atom. The van der Waals surface area contributed by atoms with Crippen molar-refractivity contribution < 1.29 is 9.90 Å². The van der Waals surface area contributed by atoms with E-state index in [4.69, 9.17) is 23.2 Å². The topological polar surface area (TPSA) is 43.8 Å². The van der Waals surface area contributed by atoms with Crippen LogP contribution < -0.4 is 4.90 Å². The van der Waals surface area contributed by atoms with E-state index in [2.05, 4.69) is 4.90 Å². The van der Waals surface area contributed by atoms with Gasteiger partial charge < -0.3 is 10.0 Å². The lowest BCUT2D eigenvalue weighted by Gasteiger charge is -2.40. The van der Waals surface area contributed by atoms with Gasteiger partial charge in [-0.05, 0) is 62.6 Å². The molecule has 4 nitrogen and oxygen atoms in total. The number of benzene rings is 2. The van der Waals surface area contributed by atoms with Crippen LogP contribution in [-0.2, 0) is 16.9 Å². The number of hydrogen-bond acceptors (Lipinski definition) is 3. The van der Waals surface area contributed by atoms with Crippen molar-refractivity contribution in [3.63, 3.8) is 0 Å². The van der Waals surface area contributed by atoms with Gasteiger partial charge in [0.2, 0.25) is 5.91 Å². The Kier molecular flexibility index (Phi) is 5.41. The first-order chi connectivity index (χ1) is 13.4. The van der Waals surface area contributed by atoms with Crippen molar-refractivity contribution in [1.82, 2.24) is 4.90 Å². The summed E-state index contributed by atoms with van der Waals surface area (Å²) in [7, 11) is 0. The van der Waals surface area contributed by atoms with Crippen molar-refractivity contribution >= 4 is 34.8 Å². The molecule has 1 N–H and O–H groups in total. The number of likely N-dealkylation sites (tertiary alicyclic amines) is 1. The number of fused-ring (bicyclic) bond motifs is 1. The highest BCUT2D eigenvalue weighted by Crippen LogP contribution is 2.39. The molecule has 0 spiro atoms. The second kappa shape index (κ2) is 7.68. The van der Waals surface area contributed by atoms with Crippen LogP contribution in [0.2, 0.25) is 10.0 Å². The van der Waals surface area contributed by atoms with Crippen molar-refractivity contribution in [3.05, 3.63) is 63.6 Å². The van der Waals surface area contributed by atoms with E-state index in [1.165, 1.54) is 0 Å². The van der Waals surface area contributed by atoms with Crippen molar-refractivity contribution in [2.24, 2.45) is 0 Å². The number of nitrogens with zero attached hydrogens (tertiary/aromatic N) is 2. The van der Waals surface area contributed by atoms with Gasteiger partial charge in [0.05, 0.1) is 11.6 Å². The summed E-state index contributed by atoms with van der Waals surface area (Å²) >= 11 is 12.5. The predicted octanol–water partition coefficient (Wildman–Crippen LogP) is 4.60. The summed E-state index contributed by atoms with van der Waals surface area (Å²) in [5, 5.41) is 12.0. The summed E-state index contributed by atoms with van der Waals surface area (Å²) in [4.78, 5) is 17.5. The summed E-state index contributed by atoms with van der Waals surface area (Å²) in [5.74, 6) is 0.0959. The van der Waals surface area contributed by atoms with E-state index in [0.717, 1.165) is 36.2 Å². The molecule has 6 heteroatoms. The molecular formula is C22H24Cl2N2O2. The normalized spacial score (nSPS) is 25.0. The van der Waals surface area contributed by atoms with Gasteiger partial charge in [-0.25, -0.2) is 0 Å². The molecule has 1 unspecified atom stereocenters. The van der Waals surface area contributed by atoms with Crippen molar-refractivity contribution in [3.8, 4) is 0 Å². The summed E-state index contributed by atoms with van der Waals surface area (Å²) in [6.45, 7) is 3.79. The molecule has 2 atom stereocenters. The van der Waals surface area contributed by atoms with Crippen molar-refractivity contribution in [2.75, 3.05) is 18.0 Å². The summed E-state index contributed by atoms with van der Waals surface area (Å²) in [5.41, 5.74) is 1.67. The van der Waals surface area contributed by atoms with Crippen LogP contribution in [0.25, 0.3) is 0 Å². The third kappa shape index (κ3) is 3.67. The third-order valence-electron chi connectivity index (χ3n) is 5.89. The largest absolute Gasteiger partial charge is 0.385 e. The predicted molar refractivity (Wildman–Crippen MR) is 113 cm³/mol. The highest BCUT2D eigenvalue weighted by molar-refractivity contribution is 6.33. The molecule has 4 rings (SSSR count). The van der Waals surface area contributed by atoms with E-state index < -0.39 is 5.60 Å². The Labute approximate surface area is 175 Å². The second-order valence-corrected chi connectivity index (χ2v) is 8.74. The molecule has 0 aromatic heterocycles. The second-order valence-electron chi connectivity index (χ2n) is 7.90. The average Bonchev–Trinajstić information content (AvgIpc) is 3.13. The number of carbonyl (C=O) groups excluding carboxylic acids is 1. The minimum atomic E-state index is -0.906. The van der Waals surface area contributed by atoms with E-state index >= 15 is 0 Å². The standard InChI is InChI=1S/C22H24Cl2N2O2/c1-22(28)10-12-26(19-6-3-2-5-17(19)22)21(27)20-7-4-11-25(20)14-15-13-16(23)8-9-18(15)24/h2-3,5-6,8-9,13,20,28H,4,7,10-12,14H2,1H3/t20-,22?/m0/s1. The first-order valence-corrected chi connectivity index (χ1v) is 10.4. The zero-order valence-electron chi connectivity index (χ0n) is 15.9. The number of para-hydroxylation sites is 1. The van der Waals surface area contributed by atoms with Crippen LogP contribution in [0.1, 0.15) is 37.3 Å². The SMILES string of the molecule is CC1(O)CCN(C(=O)[C@@H]2CCCN2Cc2cc(Cl)ccc2Cl)c2ccccc21. The number of rotatable bonds is 3. The van der Waals surface area contributed by atoms with E-state index in [1.54, 1.807) is 12.1 Å². The third-order valence-corrected chi connectivity index (χ3v) is 6.50. The Bertz CT molecular complexity index is 900. The van der Waals surface area contributed by atoms with E-state index in [9.17, 15) is 9.90 Å². The summed E-state index contributed by atoms with van der Waals surface area (Å²) in [6, 6.07) is 12.9. The molecular weight excluding hydrogens is 395 g/mol. The Balaban J connectivity index is 1.58. The highest BCUT2D eigenvalue weighted by atomic mass is 35.5. The van der Waals surface area contributed by atoms with Gasteiger partial charge in [0.15, 0.2) is 0 Å². The number of aliphatic hydroxyl groups is 1. The van der Waals surface area contributed by atoms with Crippen LogP contribution in [0.15, 0.2) is 42.5 Å². The number of amides is 1. The van der Waals surface area contributed by atoms with Crippen LogP contribution in [0.3, 0.4) is 0 Å². The van der Waals surface area contributed by atoms with Gasteiger partial charge in [0, 0.05) is 34.4 Å². The molecule has 2 aliphatic rings. The van der Waals surface area contributed by atoms with Gasteiger partial charge in [0.25, 0.3) is 0 Å². The maximum absolute atomic E-state index is 13.5. The lowest BCUT2D eigenvalue weighted by Crippen LogP contribution is -2.49. The fraction of sp³-hybridized carbons (Fsp3) is 0.409. The Hall–Kier alpha value is -1.59. The van der Waals surface area contributed by atoms with Crippen LogP contribution in [0.5, 0.6) is 0 Å². The lowest BCUT2D eigenvalue weighted by atomic mass is 9.87. The smallest absolute Gasteiger partial charge is 0.244 e. The van der Waals surface area contributed by atoms with Gasteiger partial charge in [-0.2, -0.15) is 0 Å². The number of anilines is 1. The van der Waals surface area contributed by atoms with Gasteiger partial charge in [0.1, 0.15) is 0 Å². The molecule has 0 radical (unpaired) electrons. The molecule has 0 aliphatic carbocycles. The first kappa shape index (κ1) is 19.7. The van der Waals surface area contributed by atoms with Gasteiger partial charge >= 0.3 is 0 Å². The van der Waals surface area contributed by atoms with E-state index in [0.29, 0.717) is 29.6 Å². The quantitative estimate of drug-likeness (QED) is 0.791. The minimum absolute atomic E-state index is 0.0959. The zero-order valence-corrected chi connectivity index (χ0v) is 17.4. The molecule has 28 heavy (non-hydrogen) atoms. The van der Waals surface area contributed by atoms with Crippen LogP contribution in [0.4, 0.5) is 5.69 Å². The van der Waals surface area contributed by atoms with Crippen LogP contribution >= 0.6 is 23.2 Å². The summed E-state index contributed by atoms with van der Waals surface area (Å²) < 4.78 is 0.